The molecule has 0 aliphatic rings. The third-order valence-corrected chi connectivity index (χ3v) is 2.13. The third kappa shape index (κ3) is 4.03. The molecular weight excluding hydrogens is 221 g/mol. The van der Waals surface area contributed by atoms with Gasteiger partial charge in [-0.2, -0.15) is 0 Å². The average Bonchev–Trinajstić information content (AvgIpc) is 2.20. The minimum Gasteiger partial charge on any atom is -0.389 e. The van der Waals surface area contributed by atoms with Gasteiger partial charge < -0.3 is 15.2 Å². The van der Waals surface area contributed by atoms with Crippen LogP contribution in [-0.4, -0.2) is 31.5 Å². The second-order valence-corrected chi connectivity index (χ2v) is 3.53. The number of hydrogen-bond acceptors (Lipinski definition) is 3. The summed E-state index contributed by atoms with van der Waals surface area (Å²) in [5.74, 6) is -0.483. The minimum atomic E-state index is -0.617. The van der Waals surface area contributed by atoms with Gasteiger partial charge in [0.15, 0.2) is 0 Å². The summed E-state index contributed by atoms with van der Waals surface area (Å²) in [6.45, 7) is 0.540. The van der Waals surface area contributed by atoms with Crippen molar-refractivity contribution in [2.75, 3.05) is 25.6 Å². The molecule has 84 valence electrons. The number of methoxy groups -OCH3 is 1. The van der Waals surface area contributed by atoms with Crippen LogP contribution in [0.2, 0.25) is 5.02 Å². The first kappa shape index (κ1) is 12.2. The molecular formula is C10H13ClFNO2. The van der Waals surface area contributed by atoms with E-state index in [0.29, 0.717) is 12.2 Å². The number of aliphatic hydroxyl groups is 1. The third-order valence-electron chi connectivity index (χ3n) is 1.82. The molecule has 0 aliphatic carbocycles. The molecule has 1 aromatic rings. The lowest BCUT2D eigenvalue weighted by atomic mass is 10.3. The summed E-state index contributed by atoms with van der Waals surface area (Å²) < 4.78 is 17.7. The first-order chi connectivity index (χ1) is 7.13. The molecule has 0 saturated heterocycles. The van der Waals surface area contributed by atoms with Crippen LogP contribution in [0.3, 0.4) is 0 Å². The highest BCUT2D eigenvalue weighted by atomic mass is 35.5. The van der Waals surface area contributed by atoms with Gasteiger partial charge in [0.2, 0.25) is 0 Å². The Labute approximate surface area is 92.8 Å². The van der Waals surface area contributed by atoms with Crippen LogP contribution in [0.1, 0.15) is 0 Å². The first-order valence-corrected chi connectivity index (χ1v) is 4.87. The number of rotatable bonds is 5. The standard InChI is InChI=1S/C10H13ClFNO2/c1-15-6-8(14)5-13-7-2-3-9(11)10(12)4-7/h2-4,8,13-14H,5-6H2,1H3. The molecule has 1 unspecified atom stereocenters. The number of nitrogens with one attached hydrogen (secondary N) is 1. The number of anilines is 1. The van der Waals surface area contributed by atoms with Crippen molar-refractivity contribution in [2.24, 2.45) is 0 Å². The number of halogens is 2. The normalized spacial score (nSPS) is 12.5. The molecule has 0 aliphatic heterocycles. The maximum Gasteiger partial charge on any atom is 0.143 e. The molecule has 0 aromatic heterocycles. The van der Waals surface area contributed by atoms with Crippen LogP contribution in [0.15, 0.2) is 18.2 Å². The predicted molar refractivity (Wildman–Crippen MR) is 57.8 cm³/mol. The first-order valence-electron chi connectivity index (χ1n) is 4.49. The summed E-state index contributed by atoms with van der Waals surface area (Å²) in [5, 5.41) is 12.3. The Balaban J connectivity index is 2.47. The van der Waals surface area contributed by atoms with Crippen molar-refractivity contribution < 1.29 is 14.2 Å². The Kier molecular flexibility index (Phi) is 4.81. The Morgan fingerprint density at radius 2 is 2.33 bits per heavy atom. The van der Waals surface area contributed by atoms with E-state index in [1.165, 1.54) is 19.2 Å². The summed E-state index contributed by atoms with van der Waals surface area (Å²) in [5.41, 5.74) is 0.576. The summed E-state index contributed by atoms with van der Waals surface area (Å²) in [6, 6.07) is 4.38. The number of benzene rings is 1. The predicted octanol–water partition coefficient (Wildman–Crippen LogP) is 1.90. The molecule has 15 heavy (non-hydrogen) atoms. The maximum absolute atomic E-state index is 13.0. The van der Waals surface area contributed by atoms with Crippen molar-refractivity contribution in [3.05, 3.63) is 29.0 Å². The van der Waals surface area contributed by atoms with E-state index >= 15 is 0 Å². The zero-order valence-corrected chi connectivity index (χ0v) is 9.09. The fraction of sp³-hybridized carbons (Fsp3) is 0.400. The monoisotopic (exact) mass is 233 g/mol. The maximum atomic E-state index is 13.0. The van der Waals surface area contributed by atoms with E-state index in [-0.39, 0.29) is 11.6 Å². The summed E-state index contributed by atoms with van der Waals surface area (Å²) >= 11 is 5.52. The lowest BCUT2D eigenvalue weighted by Crippen LogP contribution is -2.24. The molecule has 0 fully saturated rings. The topological polar surface area (TPSA) is 41.5 Å². The van der Waals surface area contributed by atoms with Crippen molar-refractivity contribution in [2.45, 2.75) is 6.10 Å². The van der Waals surface area contributed by atoms with Gasteiger partial charge in [0.05, 0.1) is 17.7 Å². The van der Waals surface area contributed by atoms with E-state index in [2.05, 4.69) is 5.32 Å². The van der Waals surface area contributed by atoms with Crippen LogP contribution in [0.4, 0.5) is 10.1 Å². The molecule has 3 nitrogen and oxygen atoms in total. The molecule has 1 rings (SSSR count). The molecule has 5 heteroatoms. The Bertz CT molecular complexity index is 322. The van der Waals surface area contributed by atoms with Crippen LogP contribution in [0.25, 0.3) is 0 Å². The second kappa shape index (κ2) is 5.90. The lowest BCUT2D eigenvalue weighted by molar-refractivity contribution is 0.0727. The van der Waals surface area contributed by atoms with Crippen LogP contribution in [0, 0.1) is 5.82 Å². The molecule has 2 N–H and O–H groups in total. The largest absolute Gasteiger partial charge is 0.389 e. The fourth-order valence-corrected chi connectivity index (χ4v) is 1.21. The molecule has 0 amide bonds. The van der Waals surface area contributed by atoms with E-state index < -0.39 is 11.9 Å². The molecule has 1 aromatic carbocycles. The van der Waals surface area contributed by atoms with Crippen LogP contribution < -0.4 is 5.32 Å². The van der Waals surface area contributed by atoms with Crippen molar-refractivity contribution in [1.29, 1.82) is 0 Å². The van der Waals surface area contributed by atoms with Crippen molar-refractivity contribution in [1.82, 2.24) is 0 Å². The van der Waals surface area contributed by atoms with Crippen LogP contribution in [-0.2, 0) is 4.74 Å². The minimum absolute atomic E-state index is 0.0815. The van der Waals surface area contributed by atoms with Gasteiger partial charge in [0.25, 0.3) is 0 Å². The lowest BCUT2D eigenvalue weighted by Gasteiger charge is -2.11. The van der Waals surface area contributed by atoms with E-state index in [1.807, 2.05) is 0 Å². The van der Waals surface area contributed by atoms with Crippen molar-refractivity contribution >= 4 is 17.3 Å². The smallest absolute Gasteiger partial charge is 0.143 e. The van der Waals surface area contributed by atoms with Gasteiger partial charge in [-0.1, -0.05) is 11.6 Å². The van der Waals surface area contributed by atoms with E-state index in [4.69, 9.17) is 16.3 Å². The summed E-state index contributed by atoms with van der Waals surface area (Å²) in [7, 11) is 1.51. The van der Waals surface area contributed by atoms with Gasteiger partial charge in [-0.15, -0.1) is 0 Å². The van der Waals surface area contributed by atoms with E-state index in [1.54, 1.807) is 6.07 Å². The van der Waals surface area contributed by atoms with E-state index in [9.17, 15) is 9.50 Å². The molecule has 0 spiro atoms. The Morgan fingerprint density at radius 1 is 1.60 bits per heavy atom. The zero-order chi connectivity index (χ0) is 11.3. The van der Waals surface area contributed by atoms with Gasteiger partial charge >= 0.3 is 0 Å². The van der Waals surface area contributed by atoms with Gasteiger partial charge in [-0.3, -0.25) is 0 Å². The number of hydrogen-bond donors (Lipinski definition) is 2. The number of aliphatic hydroxyl groups excluding tert-OH is 1. The quantitative estimate of drug-likeness (QED) is 0.816. The highest BCUT2D eigenvalue weighted by Gasteiger charge is 2.04. The Hall–Kier alpha value is -0.840. The SMILES string of the molecule is COCC(O)CNc1ccc(Cl)c(F)c1. The van der Waals surface area contributed by atoms with Gasteiger partial charge in [0, 0.05) is 19.3 Å². The second-order valence-electron chi connectivity index (χ2n) is 3.12. The van der Waals surface area contributed by atoms with E-state index in [0.717, 1.165) is 0 Å². The summed E-state index contributed by atoms with van der Waals surface area (Å²) in [4.78, 5) is 0. The average molecular weight is 234 g/mol. The molecule has 0 bridgehead atoms. The van der Waals surface area contributed by atoms with Crippen LogP contribution >= 0.6 is 11.6 Å². The fourth-order valence-electron chi connectivity index (χ4n) is 1.09. The van der Waals surface area contributed by atoms with Crippen LogP contribution in [0.5, 0.6) is 0 Å². The number of ether oxygens (including phenoxy) is 1. The zero-order valence-electron chi connectivity index (χ0n) is 8.34. The van der Waals surface area contributed by atoms with Crippen molar-refractivity contribution in [3.63, 3.8) is 0 Å². The molecule has 0 saturated carbocycles. The summed E-state index contributed by atoms with van der Waals surface area (Å²) in [6.07, 6.45) is -0.617. The molecule has 1 atom stereocenters. The highest BCUT2D eigenvalue weighted by Crippen LogP contribution is 2.18. The van der Waals surface area contributed by atoms with Gasteiger partial charge in [-0.05, 0) is 18.2 Å². The van der Waals surface area contributed by atoms with Crippen molar-refractivity contribution in [3.8, 4) is 0 Å². The molecule has 0 heterocycles. The highest BCUT2D eigenvalue weighted by molar-refractivity contribution is 6.30. The molecule has 0 radical (unpaired) electrons. The Morgan fingerprint density at radius 3 is 2.93 bits per heavy atom. The van der Waals surface area contributed by atoms with Gasteiger partial charge in [-0.25, -0.2) is 4.39 Å². The van der Waals surface area contributed by atoms with Gasteiger partial charge in [0.1, 0.15) is 5.82 Å².